The van der Waals surface area contributed by atoms with Crippen LogP contribution in [0.5, 0.6) is 0 Å². The summed E-state index contributed by atoms with van der Waals surface area (Å²) < 4.78 is 14.8. The maximum Gasteiger partial charge on any atom is 0.263 e. The molecule has 1 aliphatic rings. The van der Waals surface area contributed by atoms with Gasteiger partial charge in [0.2, 0.25) is 0 Å². The number of alkyl halides is 1. The van der Waals surface area contributed by atoms with Crippen LogP contribution in [-0.4, -0.2) is 39.8 Å². The lowest BCUT2D eigenvalue weighted by molar-refractivity contribution is -0.129. The zero-order chi connectivity index (χ0) is 18.1. The smallest absolute Gasteiger partial charge is 0.263 e. The fourth-order valence-electron chi connectivity index (χ4n) is 3.03. The van der Waals surface area contributed by atoms with Crippen molar-refractivity contribution in [3.63, 3.8) is 0 Å². The molecule has 0 bridgehead atoms. The number of hydrogen-bond donors (Lipinski definition) is 2. The number of piperidine rings is 1. The van der Waals surface area contributed by atoms with Gasteiger partial charge in [0.1, 0.15) is 15.8 Å². The Bertz CT molecular complexity index is 967. The first-order valence-corrected chi connectivity index (χ1v) is 9.27. The van der Waals surface area contributed by atoms with Crippen LogP contribution < -0.4 is 10.6 Å². The van der Waals surface area contributed by atoms with E-state index in [2.05, 4.69) is 25.8 Å². The van der Waals surface area contributed by atoms with Crippen LogP contribution in [0.2, 0.25) is 0 Å². The highest BCUT2D eigenvalue weighted by molar-refractivity contribution is 7.14. The highest BCUT2D eigenvalue weighted by atomic mass is 32.1. The molecule has 2 aromatic heterocycles. The molecule has 1 aliphatic heterocycles. The van der Waals surface area contributed by atoms with Gasteiger partial charge in [-0.25, -0.2) is 9.37 Å². The van der Waals surface area contributed by atoms with Gasteiger partial charge in [-0.3, -0.25) is 4.79 Å². The molecule has 0 radical (unpaired) electrons. The number of fused-ring (bicyclic) bond motifs is 1. The summed E-state index contributed by atoms with van der Waals surface area (Å²) in [4.78, 5) is 16.6. The third kappa shape index (κ3) is 3.30. The maximum absolute atomic E-state index is 14.8. The summed E-state index contributed by atoms with van der Waals surface area (Å²) in [5.41, 5.74) is -0.889. The lowest BCUT2D eigenvalue weighted by Gasteiger charge is -2.28. The van der Waals surface area contributed by atoms with Gasteiger partial charge in [-0.1, -0.05) is 23.5 Å². The van der Waals surface area contributed by atoms with Gasteiger partial charge >= 0.3 is 0 Å². The molecule has 0 aliphatic carbocycles. The highest BCUT2D eigenvalue weighted by Gasteiger charge is 2.39. The first kappa shape index (κ1) is 17.0. The van der Waals surface area contributed by atoms with Crippen molar-refractivity contribution in [2.24, 2.45) is 0 Å². The Morgan fingerprint density at radius 2 is 2.04 bits per heavy atom. The molecule has 0 unspecified atom stereocenters. The number of benzene rings is 1. The summed E-state index contributed by atoms with van der Waals surface area (Å²) >= 11 is 1.52. The molecule has 1 aromatic carbocycles. The summed E-state index contributed by atoms with van der Waals surface area (Å²) in [7, 11) is 0. The van der Waals surface area contributed by atoms with Crippen molar-refractivity contribution in [1.82, 2.24) is 20.5 Å². The SMILES string of the molecule is Cc1nnc(-c2ccc3cnc(NC(=O)C4(F)CCNCC4)cc3c2)s1. The Kier molecular flexibility index (Phi) is 4.37. The molecule has 0 spiro atoms. The van der Waals surface area contributed by atoms with E-state index in [-0.39, 0.29) is 12.8 Å². The lowest BCUT2D eigenvalue weighted by Crippen LogP contribution is -2.47. The zero-order valence-corrected chi connectivity index (χ0v) is 15.1. The van der Waals surface area contributed by atoms with E-state index in [0.29, 0.717) is 18.9 Å². The van der Waals surface area contributed by atoms with Crippen LogP contribution in [0.1, 0.15) is 17.8 Å². The standard InChI is InChI=1S/C18H18FN5OS/c1-11-23-24-16(26-11)12-2-3-13-10-21-15(9-14(13)8-12)22-17(25)18(19)4-6-20-7-5-18/h2-3,8-10,20H,4-7H2,1H3,(H,21,22,25). The van der Waals surface area contributed by atoms with Crippen LogP contribution in [0.4, 0.5) is 10.2 Å². The molecular weight excluding hydrogens is 353 g/mol. The van der Waals surface area contributed by atoms with E-state index in [1.165, 1.54) is 11.3 Å². The first-order chi connectivity index (χ1) is 12.5. The molecule has 1 amide bonds. The maximum atomic E-state index is 14.8. The number of aromatic nitrogens is 3. The highest BCUT2D eigenvalue weighted by Crippen LogP contribution is 2.29. The second kappa shape index (κ2) is 6.69. The van der Waals surface area contributed by atoms with E-state index in [9.17, 15) is 9.18 Å². The van der Waals surface area contributed by atoms with Gasteiger partial charge < -0.3 is 10.6 Å². The minimum absolute atomic E-state index is 0.174. The number of nitrogens with one attached hydrogen (secondary N) is 2. The fraction of sp³-hybridized carbons (Fsp3) is 0.333. The Morgan fingerprint density at radius 1 is 1.23 bits per heavy atom. The number of aryl methyl sites for hydroxylation is 1. The summed E-state index contributed by atoms with van der Waals surface area (Å²) in [5, 5.41) is 17.5. The first-order valence-electron chi connectivity index (χ1n) is 8.45. The number of carbonyl (C=O) groups is 1. The molecule has 8 heteroatoms. The van der Waals surface area contributed by atoms with Crippen LogP contribution >= 0.6 is 11.3 Å². The Labute approximate surface area is 153 Å². The predicted molar refractivity (Wildman–Crippen MR) is 100.0 cm³/mol. The van der Waals surface area contributed by atoms with Crippen molar-refractivity contribution in [3.05, 3.63) is 35.5 Å². The average Bonchev–Trinajstić information content (AvgIpc) is 3.08. The second-order valence-corrected chi connectivity index (χ2v) is 7.61. The summed E-state index contributed by atoms with van der Waals surface area (Å²) in [6.45, 7) is 2.91. The molecule has 6 nitrogen and oxygen atoms in total. The van der Waals surface area contributed by atoms with Crippen molar-refractivity contribution in [2.75, 3.05) is 18.4 Å². The van der Waals surface area contributed by atoms with Gasteiger partial charge in [0.05, 0.1) is 0 Å². The molecule has 2 N–H and O–H groups in total. The zero-order valence-electron chi connectivity index (χ0n) is 14.3. The van der Waals surface area contributed by atoms with Crippen molar-refractivity contribution in [3.8, 4) is 10.6 Å². The molecule has 26 heavy (non-hydrogen) atoms. The van der Waals surface area contributed by atoms with Gasteiger partial charge in [0.25, 0.3) is 5.91 Å². The molecule has 0 atom stereocenters. The topological polar surface area (TPSA) is 79.8 Å². The molecule has 134 valence electrons. The van der Waals surface area contributed by atoms with Gasteiger partial charge in [0, 0.05) is 30.0 Å². The van der Waals surface area contributed by atoms with Gasteiger partial charge in [-0.2, -0.15) is 0 Å². The Hall–Kier alpha value is -2.45. The van der Waals surface area contributed by atoms with Gasteiger partial charge in [0.15, 0.2) is 5.67 Å². The molecule has 3 heterocycles. The molecule has 1 saturated heterocycles. The monoisotopic (exact) mass is 371 g/mol. The quantitative estimate of drug-likeness (QED) is 0.740. The molecule has 0 saturated carbocycles. The van der Waals surface area contributed by atoms with Crippen LogP contribution in [0, 0.1) is 6.92 Å². The number of pyridine rings is 1. The Morgan fingerprint density at radius 3 is 2.77 bits per heavy atom. The lowest BCUT2D eigenvalue weighted by atomic mass is 9.93. The number of nitrogens with zero attached hydrogens (tertiary/aromatic N) is 3. The number of carbonyl (C=O) groups excluding carboxylic acids is 1. The van der Waals surface area contributed by atoms with E-state index in [0.717, 1.165) is 26.4 Å². The van der Waals surface area contributed by atoms with E-state index in [1.54, 1.807) is 12.3 Å². The average molecular weight is 371 g/mol. The van der Waals surface area contributed by atoms with Crippen molar-refractivity contribution in [1.29, 1.82) is 0 Å². The van der Waals surface area contributed by atoms with Crippen LogP contribution in [0.25, 0.3) is 21.3 Å². The number of halogens is 1. The number of rotatable bonds is 3. The normalized spacial score (nSPS) is 16.5. The Balaban J connectivity index is 1.61. The van der Waals surface area contributed by atoms with Gasteiger partial charge in [-0.05, 0) is 37.5 Å². The molecule has 1 fully saturated rings. The van der Waals surface area contributed by atoms with Crippen molar-refractivity contribution in [2.45, 2.75) is 25.4 Å². The number of hydrogen-bond acceptors (Lipinski definition) is 6. The summed E-state index contributed by atoms with van der Waals surface area (Å²) in [5.74, 6) is -0.273. The molecule has 3 aromatic rings. The van der Waals surface area contributed by atoms with Crippen LogP contribution in [-0.2, 0) is 4.79 Å². The molecular formula is C18H18FN5OS. The summed E-state index contributed by atoms with van der Waals surface area (Å²) in [6, 6.07) is 7.65. The summed E-state index contributed by atoms with van der Waals surface area (Å²) in [6.07, 6.45) is 2.02. The van der Waals surface area contributed by atoms with Crippen LogP contribution in [0.15, 0.2) is 30.5 Å². The minimum Gasteiger partial charge on any atom is -0.316 e. The van der Waals surface area contributed by atoms with Gasteiger partial charge in [-0.15, -0.1) is 10.2 Å². The van der Waals surface area contributed by atoms with E-state index < -0.39 is 11.6 Å². The van der Waals surface area contributed by atoms with Crippen LogP contribution in [0.3, 0.4) is 0 Å². The van der Waals surface area contributed by atoms with E-state index >= 15 is 0 Å². The minimum atomic E-state index is -1.84. The predicted octanol–water partition coefficient (Wildman–Crippen LogP) is 3.09. The van der Waals surface area contributed by atoms with Crippen molar-refractivity contribution >= 4 is 33.8 Å². The largest absolute Gasteiger partial charge is 0.316 e. The third-order valence-corrected chi connectivity index (χ3v) is 5.43. The van der Waals surface area contributed by atoms with E-state index in [1.807, 2.05) is 25.1 Å². The van der Waals surface area contributed by atoms with Crippen molar-refractivity contribution < 1.29 is 9.18 Å². The van der Waals surface area contributed by atoms with E-state index in [4.69, 9.17) is 0 Å². The number of anilines is 1. The third-order valence-electron chi connectivity index (χ3n) is 4.54. The second-order valence-electron chi connectivity index (χ2n) is 6.43. The number of amides is 1. The fourth-order valence-corrected chi connectivity index (χ4v) is 3.72. The molecule has 4 rings (SSSR count).